The Kier molecular flexibility index (Phi) is 5.07. The lowest BCUT2D eigenvalue weighted by atomic mass is 10.0. The van der Waals surface area contributed by atoms with Crippen LogP contribution in [0.3, 0.4) is 0 Å². The average Bonchev–Trinajstić information content (AvgIpc) is 2.29. The lowest BCUT2D eigenvalue weighted by molar-refractivity contribution is -0.139. The lowest BCUT2D eigenvalue weighted by Crippen LogP contribution is -2.49. The summed E-state index contributed by atoms with van der Waals surface area (Å²) in [7, 11) is 0. The molecule has 1 aromatic carbocycles. The topological polar surface area (TPSA) is 75.6 Å². The number of hydrogen-bond donors (Lipinski definition) is 2. The van der Waals surface area contributed by atoms with Gasteiger partial charge in [0.1, 0.15) is 0 Å². The van der Waals surface area contributed by atoms with Crippen LogP contribution in [0.5, 0.6) is 5.75 Å². The maximum atomic E-state index is 13.4. The van der Waals surface area contributed by atoms with Gasteiger partial charge in [0.2, 0.25) is 0 Å². The Morgan fingerprint density at radius 2 is 2.00 bits per heavy atom. The largest absolute Gasteiger partial charge is 0.481 e. The van der Waals surface area contributed by atoms with E-state index in [1.807, 2.05) is 0 Å². The molecule has 0 spiro atoms. The van der Waals surface area contributed by atoms with Gasteiger partial charge in [-0.3, -0.25) is 9.59 Å². The maximum Gasteiger partial charge on any atom is 0.305 e. The summed E-state index contributed by atoms with van der Waals surface area (Å²) in [6, 6.07) is 5.76. The number of nitrogens with one attached hydrogen (secondary N) is 1. The number of carboxylic acids is 1. The first-order valence-electron chi connectivity index (χ1n) is 6.16. The summed E-state index contributed by atoms with van der Waals surface area (Å²) >= 11 is 0. The van der Waals surface area contributed by atoms with Gasteiger partial charge in [0, 0.05) is 5.54 Å². The molecule has 20 heavy (non-hydrogen) atoms. The zero-order valence-corrected chi connectivity index (χ0v) is 11.6. The second-order valence-corrected chi connectivity index (χ2v) is 5.13. The van der Waals surface area contributed by atoms with Crippen molar-refractivity contribution in [1.29, 1.82) is 0 Å². The molecule has 0 aliphatic carbocycles. The standard InChI is InChI=1S/C14H18FNO4/c1-9(20-11-7-5-4-6-10(11)15)13(19)16-14(2,3)8-12(17)18/h4-7,9H,8H2,1-3H3,(H,16,19)(H,17,18). The first-order chi connectivity index (χ1) is 9.21. The highest BCUT2D eigenvalue weighted by molar-refractivity contribution is 5.82. The molecular formula is C14H18FNO4. The summed E-state index contributed by atoms with van der Waals surface area (Å²) in [6.07, 6.45) is -1.15. The highest BCUT2D eigenvalue weighted by atomic mass is 19.1. The van der Waals surface area contributed by atoms with E-state index in [1.165, 1.54) is 25.1 Å². The van der Waals surface area contributed by atoms with E-state index in [-0.39, 0.29) is 12.2 Å². The van der Waals surface area contributed by atoms with Gasteiger partial charge < -0.3 is 15.2 Å². The molecule has 110 valence electrons. The molecule has 0 aliphatic heterocycles. The van der Waals surface area contributed by atoms with Gasteiger partial charge >= 0.3 is 5.97 Å². The molecule has 1 atom stereocenters. The van der Waals surface area contributed by atoms with E-state index in [2.05, 4.69) is 5.32 Å². The normalized spacial score (nSPS) is 12.6. The number of aliphatic carboxylic acids is 1. The number of ether oxygens (including phenoxy) is 1. The van der Waals surface area contributed by atoms with Crippen LogP contribution >= 0.6 is 0 Å². The highest BCUT2D eigenvalue weighted by Gasteiger charge is 2.27. The van der Waals surface area contributed by atoms with E-state index < -0.39 is 29.3 Å². The van der Waals surface area contributed by atoms with E-state index in [9.17, 15) is 14.0 Å². The third-order valence-corrected chi connectivity index (χ3v) is 2.56. The highest BCUT2D eigenvalue weighted by Crippen LogP contribution is 2.17. The van der Waals surface area contributed by atoms with Crippen molar-refractivity contribution in [2.75, 3.05) is 0 Å². The molecule has 0 aliphatic rings. The Bertz CT molecular complexity index is 502. The smallest absolute Gasteiger partial charge is 0.305 e. The van der Waals surface area contributed by atoms with E-state index in [0.29, 0.717) is 0 Å². The zero-order chi connectivity index (χ0) is 15.3. The first-order valence-corrected chi connectivity index (χ1v) is 6.16. The van der Waals surface area contributed by atoms with Gasteiger partial charge in [0.25, 0.3) is 5.91 Å². The lowest BCUT2D eigenvalue weighted by Gasteiger charge is -2.26. The summed E-state index contributed by atoms with van der Waals surface area (Å²) in [5, 5.41) is 11.3. The number of halogens is 1. The third kappa shape index (κ3) is 4.87. The van der Waals surface area contributed by atoms with Crippen molar-refractivity contribution in [3.8, 4) is 5.75 Å². The quantitative estimate of drug-likeness (QED) is 0.837. The van der Waals surface area contributed by atoms with Crippen molar-refractivity contribution >= 4 is 11.9 Å². The third-order valence-electron chi connectivity index (χ3n) is 2.56. The van der Waals surface area contributed by atoms with Crippen LogP contribution in [0.2, 0.25) is 0 Å². The molecule has 1 unspecified atom stereocenters. The molecule has 2 N–H and O–H groups in total. The van der Waals surface area contributed by atoms with Crippen LogP contribution in [0.25, 0.3) is 0 Å². The SMILES string of the molecule is CC(Oc1ccccc1F)C(=O)NC(C)(C)CC(=O)O. The predicted molar refractivity (Wildman–Crippen MR) is 71.0 cm³/mol. The molecule has 0 saturated heterocycles. The maximum absolute atomic E-state index is 13.4. The van der Waals surface area contributed by atoms with E-state index >= 15 is 0 Å². The minimum atomic E-state index is -1.02. The van der Waals surface area contributed by atoms with Crippen LogP contribution in [0.4, 0.5) is 4.39 Å². The molecule has 5 nitrogen and oxygen atoms in total. The van der Waals surface area contributed by atoms with Crippen molar-refractivity contribution in [3.63, 3.8) is 0 Å². The molecule has 1 amide bonds. The fourth-order valence-corrected chi connectivity index (χ4v) is 1.64. The summed E-state index contributed by atoms with van der Waals surface area (Å²) in [5.74, 6) is -2.10. The summed E-state index contributed by atoms with van der Waals surface area (Å²) in [5.41, 5.74) is -0.907. The summed E-state index contributed by atoms with van der Waals surface area (Å²) in [6.45, 7) is 4.66. The molecule has 0 bridgehead atoms. The van der Waals surface area contributed by atoms with Crippen LogP contribution in [-0.4, -0.2) is 28.6 Å². The Labute approximate surface area is 116 Å². The van der Waals surface area contributed by atoms with Gasteiger partial charge in [0.05, 0.1) is 6.42 Å². The van der Waals surface area contributed by atoms with Crippen molar-refractivity contribution in [3.05, 3.63) is 30.1 Å². The number of carbonyl (C=O) groups excluding carboxylic acids is 1. The van der Waals surface area contributed by atoms with Gasteiger partial charge in [-0.15, -0.1) is 0 Å². The summed E-state index contributed by atoms with van der Waals surface area (Å²) in [4.78, 5) is 22.6. The van der Waals surface area contributed by atoms with E-state index in [0.717, 1.165) is 0 Å². The fourth-order valence-electron chi connectivity index (χ4n) is 1.64. The molecule has 0 saturated carbocycles. The fraction of sp³-hybridized carbons (Fsp3) is 0.429. The van der Waals surface area contributed by atoms with Crippen molar-refractivity contribution in [2.24, 2.45) is 0 Å². The Balaban J connectivity index is 2.64. The van der Waals surface area contributed by atoms with Crippen molar-refractivity contribution in [2.45, 2.75) is 38.8 Å². The van der Waals surface area contributed by atoms with Gasteiger partial charge in [-0.25, -0.2) is 4.39 Å². The van der Waals surface area contributed by atoms with Crippen LogP contribution in [-0.2, 0) is 9.59 Å². The molecule has 0 heterocycles. The van der Waals surface area contributed by atoms with Crippen LogP contribution in [0, 0.1) is 5.82 Å². The zero-order valence-electron chi connectivity index (χ0n) is 11.6. The number of para-hydroxylation sites is 1. The molecule has 1 rings (SSSR count). The molecule has 0 fully saturated rings. The van der Waals surface area contributed by atoms with Gasteiger partial charge in [-0.2, -0.15) is 0 Å². The van der Waals surface area contributed by atoms with E-state index in [4.69, 9.17) is 9.84 Å². The predicted octanol–water partition coefficient (Wildman–Crippen LogP) is 1.96. The molecule has 0 aromatic heterocycles. The minimum absolute atomic E-state index is 0.0220. The first kappa shape index (κ1) is 15.9. The Morgan fingerprint density at radius 3 is 2.55 bits per heavy atom. The van der Waals surface area contributed by atoms with E-state index in [1.54, 1.807) is 19.9 Å². The van der Waals surface area contributed by atoms with Crippen molar-refractivity contribution < 1.29 is 23.8 Å². The number of carbonyl (C=O) groups is 2. The number of hydrogen-bond acceptors (Lipinski definition) is 3. The molecule has 1 aromatic rings. The minimum Gasteiger partial charge on any atom is -0.481 e. The van der Waals surface area contributed by atoms with Gasteiger partial charge in [-0.1, -0.05) is 12.1 Å². The second-order valence-electron chi connectivity index (χ2n) is 5.13. The van der Waals surface area contributed by atoms with Crippen LogP contribution < -0.4 is 10.1 Å². The van der Waals surface area contributed by atoms with Gasteiger partial charge in [0.15, 0.2) is 17.7 Å². The number of benzene rings is 1. The number of amides is 1. The Morgan fingerprint density at radius 1 is 1.40 bits per heavy atom. The monoisotopic (exact) mass is 283 g/mol. The number of carboxylic acid groups (broad SMARTS) is 1. The average molecular weight is 283 g/mol. The van der Waals surface area contributed by atoms with Gasteiger partial charge in [-0.05, 0) is 32.9 Å². The molecule has 6 heteroatoms. The van der Waals surface area contributed by atoms with Crippen LogP contribution in [0.1, 0.15) is 27.2 Å². The second kappa shape index (κ2) is 6.36. The van der Waals surface area contributed by atoms with Crippen LogP contribution in [0.15, 0.2) is 24.3 Å². The number of rotatable bonds is 6. The summed E-state index contributed by atoms with van der Waals surface area (Å²) < 4.78 is 18.6. The Hall–Kier alpha value is -2.11. The molecule has 0 radical (unpaired) electrons. The van der Waals surface area contributed by atoms with Crippen molar-refractivity contribution in [1.82, 2.24) is 5.32 Å². The molecular weight excluding hydrogens is 265 g/mol.